The summed E-state index contributed by atoms with van der Waals surface area (Å²) in [5, 5.41) is 2.52. The van der Waals surface area contributed by atoms with E-state index in [9.17, 15) is 18.4 Å². The Kier molecular flexibility index (Phi) is 5.84. The van der Waals surface area contributed by atoms with Crippen molar-refractivity contribution in [2.45, 2.75) is 31.7 Å². The van der Waals surface area contributed by atoms with Crippen molar-refractivity contribution < 1.29 is 18.4 Å². The first-order valence-corrected chi connectivity index (χ1v) is 9.04. The number of fused-ring (bicyclic) bond motifs is 1. The zero-order valence-electron chi connectivity index (χ0n) is 15.2. The van der Waals surface area contributed by atoms with Crippen molar-refractivity contribution >= 4 is 11.8 Å². The molecule has 0 fully saturated rings. The van der Waals surface area contributed by atoms with Gasteiger partial charge < -0.3 is 10.2 Å². The first-order chi connectivity index (χ1) is 13.0. The first-order valence-electron chi connectivity index (χ1n) is 9.04. The molecule has 3 rings (SSSR count). The lowest BCUT2D eigenvalue weighted by Crippen LogP contribution is -2.36. The quantitative estimate of drug-likeness (QED) is 0.872. The van der Waals surface area contributed by atoms with Crippen molar-refractivity contribution in [2.75, 3.05) is 13.6 Å². The Hall–Kier alpha value is -2.76. The summed E-state index contributed by atoms with van der Waals surface area (Å²) in [7, 11) is 1.77. The summed E-state index contributed by atoms with van der Waals surface area (Å²) in [6.45, 7) is 0.0905. The molecule has 0 aliphatic heterocycles. The molecule has 0 heterocycles. The number of hydrogen-bond acceptors (Lipinski definition) is 2. The van der Waals surface area contributed by atoms with E-state index in [1.165, 1.54) is 11.1 Å². The molecule has 0 bridgehead atoms. The molecule has 0 aromatic heterocycles. The Balaban J connectivity index is 1.56. The molecule has 0 radical (unpaired) electrons. The average Bonchev–Trinajstić information content (AvgIpc) is 2.66. The molecule has 0 saturated carbocycles. The van der Waals surface area contributed by atoms with Crippen molar-refractivity contribution in [3.8, 4) is 0 Å². The fourth-order valence-corrected chi connectivity index (χ4v) is 3.53. The predicted molar refractivity (Wildman–Crippen MR) is 98.2 cm³/mol. The van der Waals surface area contributed by atoms with Gasteiger partial charge in [0, 0.05) is 26.1 Å². The maximum Gasteiger partial charge on any atom is 0.254 e. The van der Waals surface area contributed by atoms with Gasteiger partial charge in [-0.2, -0.15) is 0 Å². The highest BCUT2D eigenvalue weighted by atomic mass is 19.1. The van der Waals surface area contributed by atoms with Crippen LogP contribution in [0.25, 0.3) is 0 Å². The molecule has 0 spiro atoms. The maximum atomic E-state index is 13.6. The van der Waals surface area contributed by atoms with Gasteiger partial charge in [-0.15, -0.1) is 0 Å². The number of nitrogens with one attached hydrogen (secondary N) is 1. The van der Waals surface area contributed by atoms with Crippen LogP contribution < -0.4 is 5.32 Å². The second kappa shape index (κ2) is 8.29. The van der Waals surface area contributed by atoms with Crippen LogP contribution in [0.2, 0.25) is 0 Å². The summed E-state index contributed by atoms with van der Waals surface area (Å²) in [6, 6.07) is 10.9. The molecule has 0 saturated heterocycles. The van der Waals surface area contributed by atoms with Crippen LogP contribution in [0.4, 0.5) is 8.78 Å². The van der Waals surface area contributed by atoms with Crippen LogP contribution in [-0.2, 0) is 11.2 Å². The van der Waals surface area contributed by atoms with Crippen LogP contribution in [0, 0.1) is 11.6 Å². The van der Waals surface area contributed by atoms with Gasteiger partial charge in [0.05, 0.1) is 11.6 Å². The third-order valence-corrected chi connectivity index (χ3v) is 5.00. The van der Waals surface area contributed by atoms with Gasteiger partial charge in [0.15, 0.2) is 0 Å². The largest absolute Gasteiger partial charge is 0.351 e. The number of amides is 2. The monoisotopic (exact) mass is 372 g/mol. The summed E-state index contributed by atoms with van der Waals surface area (Å²) in [4.78, 5) is 26.3. The van der Waals surface area contributed by atoms with Gasteiger partial charge >= 0.3 is 0 Å². The van der Waals surface area contributed by atoms with Crippen LogP contribution in [-0.4, -0.2) is 30.3 Å². The Bertz CT molecular complexity index is 854. The lowest BCUT2D eigenvalue weighted by Gasteiger charge is -2.33. The first kappa shape index (κ1) is 19.0. The highest BCUT2D eigenvalue weighted by Crippen LogP contribution is 2.33. The second-order valence-electron chi connectivity index (χ2n) is 6.74. The van der Waals surface area contributed by atoms with Crippen LogP contribution in [0.3, 0.4) is 0 Å². The molecular formula is C21H22F2N2O2. The fraction of sp³-hybridized carbons (Fsp3) is 0.333. The Morgan fingerprint density at radius 2 is 1.96 bits per heavy atom. The van der Waals surface area contributed by atoms with E-state index in [2.05, 4.69) is 17.4 Å². The van der Waals surface area contributed by atoms with E-state index in [0.717, 1.165) is 31.4 Å². The molecule has 2 aromatic rings. The van der Waals surface area contributed by atoms with E-state index in [4.69, 9.17) is 0 Å². The second-order valence-corrected chi connectivity index (χ2v) is 6.74. The topological polar surface area (TPSA) is 49.4 Å². The minimum atomic E-state index is -0.922. The van der Waals surface area contributed by atoms with Crippen molar-refractivity contribution in [3.63, 3.8) is 0 Å². The number of aryl methyl sites for hydroxylation is 1. The smallest absolute Gasteiger partial charge is 0.254 e. The van der Waals surface area contributed by atoms with Crippen LogP contribution >= 0.6 is 0 Å². The number of carbonyl (C=O) groups is 2. The Labute approximate surface area is 157 Å². The molecule has 27 heavy (non-hydrogen) atoms. The summed E-state index contributed by atoms with van der Waals surface area (Å²) in [5.74, 6) is -2.41. The average molecular weight is 372 g/mol. The van der Waals surface area contributed by atoms with Gasteiger partial charge in [0.25, 0.3) is 5.91 Å². The molecule has 6 heteroatoms. The van der Waals surface area contributed by atoms with Gasteiger partial charge in [0.1, 0.15) is 11.6 Å². The lowest BCUT2D eigenvalue weighted by molar-refractivity contribution is -0.132. The molecule has 1 N–H and O–H groups in total. The minimum absolute atomic E-state index is 0.0349. The normalized spacial score (nSPS) is 15.7. The van der Waals surface area contributed by atoms with Gasteiger partial charge in [-0.3, -0.25) is 9.59 Å². The van der Waals surface area contributed by atoms with E-state index in [1.807, 2.05) is 12.1 Å². The Morgan fingerprint density at radius 3 is 2.74 bits per heavy atom. The summed E-state index contributed by atoms with van der Waals surface area (Å²) in [6.07, 6.45) is 3.07. The molecule has 0 unspecified atom stereocenters. The molecule has 2 aromatic carbocycles. The van der Waals surface area contributed by atoms with Crippen molar-refractivity contribution in [3.05, 3.63) is 70.8 Å². The summed E-state index contributed by atoms with van der Waals surface area (Å²) < 4.78 is 26.5. The predicted octanol–water partition coefficient (Wildman–Crippen LogP) is 3.62. The maximum absolute atomic E-state index is 13.6. The third-order valence-electron chi connectivity index (χ3n) is 5.00. The van der Waals surface area contributed by atoms with E-state index in [1.54, 1.807) is 11.9 Å². The number of carbonyl (C=O) groups excluding carboxylic acids is 2. The molecule has 4 nitrogen and oxygen atoms in total. The summed E-state index contributed by atoms with van der Waals surface area (Å²) in [5.41, 5.74) is 2.21. The van der Waals surface area contributed by atoms with Gasteiger partial charge in [0.2, 0.25) is 5.91 Å². The number of benzene rings is 2. The van der Waals surface area contributed by atoms with Gasteiger partial charge in [-0.05, 0) is 42.5 Å². The van der Waals surface area contributed by atoms with Crippen LogP contribution in [0.5, 0.6) is 0 Å². The highest BCUT2D eigenvalue weighted by molar-refractivity contribution is 5.94. The number of rotatable bonds is 5. The molecule has 1 aliphatic carbocycles. The minimum Gasteiger partial charge on any atom is -0.351 e. The number of halogens is 2. The number of nitrogens with zero attached hydrogens (tertiary/aromatic N) is 1. The van der Waals surface area contributed by atoms with Crippen LogP contribution in [0.1, 0.15) is 46.8 Å². The highest BCUT2D eigenvalue weighted by Gasteiger charge is 2.26. The fourth-order valence-electron chi connectivity index (χ4n) is 3.53. The van der Waals surface area contributed by atoms with Crippen LogP contribution in [0.15, 0.2) is 42.5 Å². The van der Waals surface area contributed by atoms with Gasteiger partial charge in [-0.25, -0.2) is 8.78 Å². The third kappa shape index (κ3) is 4.32. The van der Waals surface area contributed by atoms with Crippen molar-refractivity contribution in [2.24, 2.45) is 0 Å². The SMILES string of the molecule is CN(C(=O)CCNC(=O)c1ccc(F)cc1F)[C@@H]1CCCc2ccccc21. The van der Waals surface area contributed by atoms with Gasteiger partial charge in [-0.1, -0.05) is 24.3 Å². The summed E-state index contributed by atoms with van der Waals surface area (Å²) >= 11 is 0. The standard InChI is InChI=1S/C21H22F2N2O2/c1-25(19-8-4-6-14-5-2-3-7-16(14)19)20(26)11-12-24-21(27)17-10-9-15(22)13-18(17)23/h2-3,5,7,9-10,13,19H,4,6,8,11-12H2,1H3,(H,24,27)/t19-/m1/s1. The number of hydrogen-bond donors (Lipinski definition) is 1. The van der Waals surface area contributed by atoms with E-state index in [-0.39, 0.29) is 30.5 Å². The zero-order valence-corrected chi connectivity index (χ0v) is 15.2. The van der Waals surface area contributed by atoms with Crippen molar-refractivity contribution in [1.29, 1.82) is 0 Å². The molecule has 1 aliphatic rings. The lowest BCUT2D eigenvalue weighted by atomic mass is 9.87. The van der Waals surface area contributed by atoms with E-state index in [0.29, 0.717) is 6.07 Å². The van der Waals surface area contributed by atoms with Crippen molar-refractivity contribution in [1.82, 2.24) is 10.2 Å². The van der Waals surface area contributed by atoms with E-state index >= 15 is 0 Å². The zero-order chi connectivity index (χ0) is 19.4. The Morgan fingerprint density at radius 1 is 1.19 bits per heavy atom. The van der Waals surface area contributed by atoms with E-state index < -0.39 is 17.5 Å². The molecule has 1 atom stereocenters. The molecular weight excluding hydrogens is 350 g/mol. The molecule has 142 valence electrons. The molecule has 2 amide bonds.